The summed E-state index contributed by atoms with van der Waals surface area (Å²) in [5.74, 6) is 1.34. The second-order valence-electron chi connectivity index (χ2n) is 4.85. The molecule has 0 bridgehead atoms. The number of amides is 1. The summed E-state index contributed by atoms with van der Waals surface area (Å²) in [5.41, 5.74) is 3.16. The number of aromatic nitrogens is 2. The number of fused-ring (bicyclic) bond motifs is 1. The summed E-state index contributed by atoms with van der Waals surface area (Å²) < 4.78 is 5.27. The number of anilines is 1. The van der Waals surface area contributed by atoms with Crippen LogP contribution in [0.4, 0.5) is 5.69 Å². The van der Waals surface area contributed by atoms with E-state index in [1.54, 1.807) is 26.3 Å². The van der Waals surface area contributed by atoms with Crippen molar-refractivity contribution in [1.29, 1.82) is 0 Å². The van der Waals surface area contributed by atoms with E-state index in [1.165, 1.54) is 4.90 Å². The number of carbonyl (C=O) groups is 1. The molecule has 22 heavy (non-hydrogen) atoms. The number of halogens is 1. The van der Waals surface area contributed by atoms with E-state index in [2.05, 4.69) is 9.97 Å². The van der Waals surface area contributed by atoms with Gasteiger partial charge in [0.1, 0.15) is 11.6 Å². The molecule has 3 rings (SSSR count). The molecule has 1 aromatic heterocycles. The van der Waals surface area contributed by atoms with E-state index in [0.29, 0.717) is 16.6 Å². The van der Waals surface area contributed by atoms with Crippen LogP contribution in [0.15, 0.2) is 36.4 Å². The Labute approximate surface area is 132 Å². The third-order valence-electron chi connectivity index (χ3n) is 3.44. The van der Waals surface area contributed by atoms with E-state index in [1.807, 2.05) is 24.3 Å². The molecule has 0 fully saturated rings. The number of hydrogen-bond donors (Lipinski definition) is 1. The Morgan fingerprint density at radius 2 is 2.09 bits per heavy atom. The Kier molecular flexibility index (Phi) is 3.73. The lowest BCUT2D eigenvalue weighted by atomic mass is 10.1. The summed E-state index contributed by atoms with van der Waals surface area (Å²) in [6.45, 7) is 0. The number of aromatic amines is 1. The molecule has 1 heterocycles. The van der Waals surface area contributed by atoms with Gasteiger partial charge in [-0.1, -0.05) is 11.6 Å². The van der Waals surface area contributed by atoms with Crippen LogP contribution >= 0.6 is 11.6 Å². The van der Waals surface area contributed by atoms with Gasteiger partial charge in [0.15, 0.2) is 0 Å². The quantitative estimate of drug-likeness (QED) is 0.750. The zero-order valence-electron chi connectivity index (χ0n) is 12.1. The van der Waals surface area contributed by atoms with Crippen LogP contribution in [0.5, 0.6) is 5.75 Å². The van der Waals surface area contributed by atoms with Crippen molar-refractivity contribution in [2.45, 2.75) is 0 Å². The van der Waals surface area contributed by atoms with Crippen LogP contribution in [0.25, 0.3) is 22.4 Å². The number of ether oxygens (including phenoxy) is 1. The van der Waals surface area contributed by atoms with Crippen molar-refractivity contribution >= 4 is 34.7 Å². The standard InChI is InChI=1S/C16H14ClN3O2/c1-20(9-21)15-6-4-11(22-2)8-12(15)16-18-13-5-3-10(17)7-14(13)19-16/h3-9H,1-2H3,(H,18,19). The number of imidazole rings is 1. The van der Waals surface area contributed by atoms with Gasteiger partial charge in [-0.15, -0.1) is 0 Å². The highest BCUT2D eigenvalue weighted by molar-refractivity contribution is 6.31. The van der Waals surface area contributed by atoms with E-state index in [0.717, 1.165) is 28.7 Å². The molecular formula is C16H14ClN3O2. The normalized spacial score (nSPS) is 10.7. The highest BCUT2D eigenvalue weighted by Crippen LogP contribution is 2.33. The summed E-state index contributed by atoms with van der Waals surface area (Å²) in [4.78, 5) is 20.4. The minimum absolute atomic E-state index is 0.638. The van der Waals surface area contributed by atoms with Crippen molar-refractivity contribution in [3.8, 4) is 17.1 Å². The number of methoxy groups -OCH3 is 1. The Bertz CT molecular complexity index is 845. The summed E-state index contributed by atoms with van der Waals surface area (Å²) in [5, 5.41) is 0.638. The molecule has 6 heteroatoms. The van der Waals surface area contributed by atoms with Crippen molar-refractivity contribution in [3.63, 3.8) is 0 Å². The highest BCUT2D eigenvalue weighted by atomic mass is 35.5. The second kappa shape index (κ2) is 5.69. The van der Waals surface area contributed by atoms with Crippen LogP contribution in [0.1, 0.15) is 0 Å². The highest BCUT2D eigenvalue weighted by Gasteiger charge is 2.14. The van der Waals surface area contributed by atoms with Crippen LogP contribution in [-0.2, 0) is 4.79 Å². The molecule has 0 saturated heterocycles. The monoisotopic (exact) mass is 315 g/mol. The van der Waals surface area contributed by atoms with Gasteiger partial charge in [-0.05, 0) is 36.4 Å². The Morgan fingerprint density at radius 3 is 2.82 bits per heavy atom. The number of hydrogen-bond acceptors (Lipinski definition) is 3. The first kappa shape index (κ1) is 14.4. The smallest absolute Gasteiger partial charge is 0.213 e. The molecule has 112 valence electrons. The number of benzene rings is 2. The summed E-state index contributed by atoms with van der Waals surface area (Å²) in [6, 6.07) is 10.9. The lowest BCUT2D eigenvalue weighted by Gasteiger charge is -2.15. The number of nitrogens with one attached hydrogen (secondary N) is 1. The SMILES string of the molecule is COc1ccc(N(C)C=O)c(-c2nc3ccc(Cl)cc3[nH]2)c1. The van der Waals surface area contributed by atoms with Gasteiger partial charge in [-0.3, -0.25) is 4.79 Å². The maximum absolute atomic E-state index is 11.1. The molecule has 0 unspecified atom stereocenters. The molecule has 3 aromatic rings. The van der Waals surface area contributed by atoms with E-state index in [-0.39, 0.29) is 0 Å². The molecule has 0 saturated carbocycles. The van der Waals surface area contributed by atoms with Crippen LogP contribution in [0, 0.1) is 0 Å². The molecule has 0 atom stereocenters. The van der Waals surface area contributed by atoms with E-state index in [9.17, 15) is 4.79 Å². The lowest BCUT2D eigenvalue weighted by Crippen LogP contribution is -2.14. The predicted octanol–water partition coefficient (Wildman–Crippen LogP) is 3.48. The van der Waals surface area contributed by atoms with Crippen molar-refractivity contribution in [2.24, 2.45) is 0 Å². The third kappa shape index (κ3) is 2.51. The predicted molar refractivity (Wildman–Crippen MR) is 87.6 cm³/mol. The summed E-state index contributed by atoms with van der Waals surface area (Å²) in [6.07, 6.45) is 0.755. The number of carbonyl (C=O) groups excluding carboxylic acids is 1. The van der Waals surface area contributed by atoms with Crippen LogP contribution < -0.4 is 9.64 Å². The van der Waals surface area contributed by atoms with Crippen LogP contribution in [-0.4, -0.2) is 30.5 Å². The van der Waals surface area contributed by atoms with Gasteiger partial charge < -0.3 is 14.6 Å². The van der Waals surface area contributed by atoms with Gasteiger partial charge in [0, 0.05) is 17.6 Å². The molecule has 2 aromatic carbocycles. The second-order valence-corrected chi connectivity index (χ2v) is 5.28. The van der Waals surface area contributed by atoms with E-state index >= 15 is 0 Å². The molecule has 0 aliphatic carbocycles. The van der Waals surface area contributed by atoms with Crippen LogP contribution in [0.2, 0.25) is 5.02 Å². The van der Waals surface area contributed by atoms with Crippen molar-refractivity contribution in [2.75, 3.05) is 19.1 Å². The van der Waals surface area contributed by atoms with E-state index in [4.69, 9.17) is 16.3 Å². The van der Waals surface area contributed by atoms with Gasteiger partial charge >= 0.3 is 0 Å². The molecule has 0 radical (unpaired) electrons. The number of rotatable bonds is 4. The van der Waals surface area contributed by atoms with Gasteiger partial charge in [-0.25, -0.2) is 4.98 Å². The first-order valence-electron chi connectivity index (χ1n) is 6.64. The third-order valence-corrected chi connectivity index (χ3v) is 3.68. The fourth-order valence-electron chi connectivity index (χ4n) is 2.31. The minimum atomic E-state index is 0.638. The fraction of sp³-hybridized carbons (Fsp3) is 0.125. The molecule has 0 aliphatic rings. The van der Waals surface area contributed by atoms with Gasteiger partial charge in [0.05, 0.1) is 23.8 Å². The van der Waals surface area contributed by atoms with Crippen molar-refractivity contribution < 1.29 is 9.53 Å². The number of nitrogens with zero attached hydrogens (tertiary/aromatic N) is 2. The van der Waals surface area contributed by atoms with Gasteiger partial charge in [0.2, 0.25) is 6.41 Å². The lowest BCUT2D eigenvalue weighted by molar-refractivity contribution is -0.107. The first-order valence-corrected chi connectivity index (χ1v) is 7.02. The van der Waals surface area contributed by atoms with E-state index < -0.39 is 0 Å². The minimum Gasteiger partial charge on any atom is -0.497 e. The van der Waals surface area contributed by atoms with Crippen molar-refractivity contribution in [1.82, 2.24) is 9.97 Å². The van der Waals surface area contributed by atoms with Crippen molar-refractivity contribution in [3.05, 3.63) is 41.4 Å². The molecule has 5 nitrogen and oxygen atoms in total. The zero-order chi connectivity index (χ0) is 15.7. The zero-order valence-corrected chi connectivity index (χ0v) is 12.9. The average Bonchev–Trinajstić information content (AvgIpc) is 2.96. The Balaban J connectivity index is 2.20. The fourth-order valence-corrected chi connectivity index (χ4v) is 2.48. The Hall–Kier alpha value is -2.53. The number of H-pyrrole nitrogens is 1. The van der Waals surface area contributed by atoms with Gasteiger partial charge in [0.25, 0.3) is 0 Å². The maximum Gasteiger partial charge on any atom is 0.213 e. The van der Waals surface area contributed by atoms with Crippen LogP contribution in [0.3, 0.4) is 0 Å². The van der Waals surface area contributed by atoms with Gasteiger partial charge in [-0.2, -0.15) is 0 Å². The first-order chi connectivity index (χ1) is 10.6. The Morgan fingerprint density at radius 1 is 1.27 bits per heavy atom. The molecule has 0 spiro atoms. The average molecular weight is 316 g/mol. The molecule has 1 N–H and O–H groups in total. The largest absolute Gasteiger partial charge is 0.497 e. The summed E-state index contributed by atoms with van der Waals surface area (Å²) in [7, 11) is 3.29. The molecular weight excluding hydrogens is 302 g/mol. The summed E-state index contributed by atoms with van der Waals surface area (Å²) >= 11 is 6.00. The molecule has 0 aliphatic heterocycles. The molecule has 1 amide bonds. The topological polar surface area (TPSA) is 58.2 Å². The maximum atomic E-state index is 11.1.